The zero-order valence-corrected chi connectivity index (χ0v) is 41.7. The van der Waals surface area contributed by atoms with Crippen LogP contribution in [0.2, 0.25) is 5.02 Å². The van der Waals surface area contributed by atoms with Crippen molar-refractivity contribution in [2.75, 3.05) is 17.7 Å². The molecule has 0 aliphatic heterocycles. The smallest absolute Gasteiger partial charge is 0.408 e. The SMILES string of the molecule is COc1ccc(CN(c2nn(CC(=O)OC(C)(C)C)c3c(-n4c([C@H](Cc5cc(F)cc(F)c5)NC(=O)OC(C)(C)C)nc5nc(C6CCC(F)(F)CC6)cc(C)c5c4=O)ccc(Cl)c23)S(C)(=O)=O)cc1. The molecule has 0 radical (unpaired) electrons. The van der Waals surface area contributed by atoms with Crippen LogP contribution in [0.5, 0.6) is 5.75 Å². The Hall–Kier alpha value is -6.28. The summed E-state index contributed by atoms with van der Waals surface area (Å²) >= 11 is 7.04. The van der Waals surface area contributed by atoms with Crippen molar-refractivity contribution < 1.29 is 49.8 Å². The highest BCUT2D eigenvalue weighted by Gasteiger charge is 2.37. The number of anilines is 1. The fourth-order valence-electron chi connectivity index (χ4n) is 8.49. The summed E-state index contributed by atoms with van der Waals surface area (Å²) in [4.78, 5) is 52.9. The second-order valence-electron chi connectivity index (χ2n) is 19.5. The Morgan fingerprint density at radius 1 is 0.914 bits per heavy atom. The van der Waals surface area contributed by atoms with Gasteiger partial charge in [-0.1, -0.05) is 23.7 Å². The number of rotatable bonds is 13. The van der Waals surface area contributed by atoms with Gasteiger partial charge in [-0.2, -0.15) is 5.10 Å². The normalized spacial score (nSPS) is 14.9. The molecule has 1 saturated carbocycles. The average molecular weight is 1010 g/mol. The molecule has 1 aliphatic carbocycles. The van der Waals surface area contributed by atoms with E-state index in [0.717, 1.165) is 31.9 Å². The van der Waals surface area contributed by atoms with Crippen LogP contribution in [0.25, 0.3) is 27.6 Å². The average Bonchev–Trinajstić information content (AvgIpc) is 3.59. The largest absolute Gasteiger partial charge is 0.497 e. The molecule has 15 nitrogen and oxygen atoms in total. The van der Waals surface area contributed by atoms with Gasteiger partial charge in [-0.25, -0.2) is 49.7 Å². The van der Waals surface area contributed by atoms with E-state index >= 15 is 4.79 Å². The number of hydrogen-bond acceptors (Lipinski definition) is 11. The molecular weight excluding hydrogens is 958 g/mol. The number of esters is 1. The lowest BCUT2D eigenvalue weighted by atomic mass is 9.84. The molecule has 0 bridgehead atoms. The number of nitrogens with zero attached hydrogens (tertiary/aromatic N) is 6. The molecule has 0 unspecified atom stereocenters. The van der Waals surface area contributed by atoms with Gasteiger partial charge >= 0.3 is 12.1 Å². The highest BCUT2D eigenvalue weighted by atomic mass is 35.5. The van der Waals surface area contributed by atoms with Gasteiger partial charge in [-0.05, 0) is 120 Å². The lowest BCUT2D eigenvalue weighted by molar-refractivity contribution is -0.155. The van der Waals surface area contributed by atoms with Crippen LogP contribution >= 0.6 is 11.6 Å². The maximum Gasteiger partial charge on any atom is 0.408 e. The molecule has 3 heterocycles. The first kappa shape index (κ1) is 51.6. The fraction of sp³-hybridized carbons (Fsp3) is 0.429. The fourth-order valence-corrected chi connectivity index (χ4v) is 9.55. The Balaban J connectivity index is 1.57. The summed E-state index contributed by atoms with van der Waals surface area (Å²) in [6.45, 7) is 10.5. The zero-order valence-electron chi connectivity index (χ0n) is 40.1. The number of hydrogen-bond donors (Lipinski definition) is 1. The molecule has 6 aromatic rings. The zero-order chi connectivity index (χ0) is 51.2. The molecule has 21 heteroatoms. The summed E-state index contributed by atoms with van der Waals surface area (Å²) in [5, 5.41) is 7.35. The van der Waals surface area contributed by atoms with E-state index in [0.29, 0.717) is 28.6 Å². The van der Waals surface area contributed by atoms with E-state index in [1.807, 2.05) is 0 Å². The number of methoxy groups -OCH3 is 1. The minimum absolute atomic E-state index is 0.0252. The van der Waals surface area contributed by atoms with E-state index in [9.17, 15) is 35.6 Å². The first-order valence-corrected chi connectivity index (χ1v) is 24.6. The summed E-state index contributed by atoms with van der Waals surface area (Å²) in [7, 11) is -2.73. The second-order valence-corrected chi connectivity index (χ2v) is 21.8. The van der Waals surface area contributed by atoms with Gasteiger partial charge in [-0.15, -0.1) is 0 Å². The number of ether oxygens (including phenoxy) is 3. The second kappa shape index (κ2) is 19.5. The van der Waals surface area contributed by atoms with Crippen LogP contribution in [0.15, 0.2) is 65.5 Å². The summed E-state index contributed by atoms with van der Waals surface area (Å²) in [5.74, 6) is -5.89. The minimum Gasteiger partial charge on any atom is -0.497 e. The first-order chi connectivity index (χ1) is 32.6. The van der Waals surface area contributed by atoms with Gasteiger partial charge in [0, 0.05) is 36.9 Å². The van der Waals surface area contributed by atoms with Crippen LogP contribution in [0, 0.1) is 18.6 Å². The van der Waals surface area contributed by atoms with Crippen molar-refractivity contribution in [3.63, 3.8) is 0 Å². The number of fused-ring (bicyclic) bond motifs is 2. The van der Waals surface area contributed by atoms with Gasteiger partial charge < -0.3 is 19.5 Å². The number of alkyl carbamates (subject to hydrolysis) is 1. The molecule has 7 rings (SSSR count). The molecule has 0 saturated heterocycles. The van der Waals surface area contributed by atoms with Gasteiger partial charge in [0.15, 0.2) is 11.5 Å². The molecule has 70 heavy (non-hydrogen) atoms. The standard InChI is InChI=1S/C49H54ClF4N7O8S/c1-27-20-35(30-16-18-49(53,54)19-17-30)55-42-39(27)45(63)61(43(57-42)36(56-46(64)69-48(5,6)7)23-29-21-31(51)24-32(52)22-29)37-15-14-34(50)40-41(37)59(26-38(62)68-47(2,3)4)58-44(40)60(70(9,65)66)25-28-10-12-33(67-8)13-11-28/h10-15,20-22,24,30,36H,16-19,23,25-26H2,1-9H3,(H,56,64)/t36-/m0/s1. The number of aryl methyl sites for hydroxylation is 1. The molecule has 1 aliphatic rings. The number of sulfonamides is 1. The monoisotopic (exact) mass is 1010 g/mol. The maximum absolute atomic E-state index is 15.6. The molecule has 3 aromatic carbocycles. The Morgan fingerprint density at radius 2 is 1.54 bits per heavy atom. The number of carbonyl (C=O) groups excluding carboxylic acids is 2. The van der Waals surface area contributed by atoms with Crippen molar-refractivity contribution >= 4 is 61.4 Å². The van der Waals surface area contributed by atoms with E-state index in [1.165, 1.54) is 19.2 Å². The number of benzene rings is 3. The van der Waals surface area contributed by atoms with E-state index in [2.05, 4.69) is 5.32 Å². The van der Waals surface area contributed by atoms with E-state index < -0.39 is 81.3 Å². The summed E-state index contributed by atoms with van der Waals surface area (Å²) in [5.41, 5.74) is -1.76. The first-order valence-electron chi connectivity index (χ1n) is 22.4. The van der Waals surface area contributed by atoms with Gasteiger partial charge in [0.25, 0.3) is 5.56 Å². The Kier molecular flexibility index (Phi) is 14.4. The van der Waals surface area contributed by atoms with Crippen molar-refractivity contribution in [3.8, 4) is 11.4 Å². The van der Waals surface area contributed by atoms with Gasteiger partial charge in [-0.3, -0.25) is 14.2 Å². The highest BCUT2D eigenvalue weighted by Crippen LogP contribution is 2.42. The molecule has 1 fully saturated rings. The number of alkyl halides is 2. The molecule has 0 spiro atoms. The lowest BCUT2D eigenvalue weighted by Crippen LogP contribution is -2.39. The highest BCUT2D eigenvalue weighted by molar-refractivity contribution is 7.92. The third kappa shape index (κ3) is 11.8. The number of pyridine rings is 1. The van der Waals surface area contributed by atoms with E-state index in [1.54, 1.807) is 78.8 Å². The Morgan fingerprint density at radius 3 is 2.13 bits per heavy atom. The van der Waals surface area contributed by atoms with Crippen molar-refractivity contribution in [1.29, 1.82) is 0 Å². The topological polar surface area (TPSA) is 177 Å². The Labute approximate surface area is 407 Å². The predicted octanol–water partition coefficient (Wildman–Crippen LogP) is 9.79. The quantitative estimate of drug-likeness (QED) is 0.0861. The molecule has 3 aromatic heterocycles. The van der Waals surface area contributed by atoms with Gasteiger partial charge in [0.2, 0.25) is 15.9 Å². The maximum atomic E-state index is 15.6. The molecule has 1 amide bonds. The third-order valence-electron chi connectivity index (χ3n) is 11.4. The summed E-state index contributed by atoms with van der Waals surface area (Å²) in [6, 6.07) is 12.4. The van der Waals surface area contributed by atoms with Crippen LogP contribution < -0.4 is 19.9 Å². The van der Waals surface area contributed by atoms with Crippen LogP contribution in [0.1, 0.15) is 107 Å². The summed E-state index contributed by atoms with van der Waals surface area (Å²) in [6.07, 6.45) is -0.955. The third-order valence-corrected chi connectivity index (χ3v) is 12.9. The van der Waals surface area contributed by atoms with E-state index in [4.69, 9.17) is 40.9 Å². The van der Waals surface area contributed by atoms with Crippen molar-refractivity contribution in [2.24, 2.45) is 0 Å². The summed E-state index contributed by atoms with van der Waals surface area (Å²) < 4.78 is 106. The predicted molar refractivity (Wildman–Crippen MR) is 256 cm³/mol. The van der Waals surface area contributed by atoms with Crippen LogP contribution in [0.3, 0.4) is 0 Å². The molecule has 1 atom stereocenters. The number of aromatic nitrogens is 5. The van der Waals surface area contributed by atoms with Gasteiger partial charge in [0.05, 0.1) is 53.0 Å². The van der Waals surface area contributed by atoms with Gasteiger partial charge in [0.1, 0.15) is 41.0 Å². The molecule has 374 valence electrons. The van der Waals surface area contributed by atoms with Crippen molar-refractivity contribution in [1.82, 2.24) is 29.6 Å². The lowest BCUT2D eigenvalue weighted by Gasteiger charge is -2.28. The van der Waals surface area contributed by atoms with Crippen LogP contribution in [-0.2, 0) is 43.8 Å². The number of amides is 1. The molecule has 1 N–H and O–H groups in total. The van der Waals surface area contributed by atoms with Crippen molar-refractivity contribution in [3.05, 3.63) is 116 Å². The Bertz CT molecular complexity index is 3140. The van der Waals surface area contributed by atoms with Crippen LogP contribution in [-0.4, -0.2) is 75.3 Å². The number of halogens is 5. The molecular formula is C49H54ClF4N7O8S. The number of nitrogens with one attached hydrogen (secondary N) is 1. The number of carbonyl (C=O) groups is 2. The minimum atomic E-state index is -4.22. The van der Waals surface area contributed by atoms with Crippen molar-refractivity contribution in [2.45, 2.75) is 123 Å². The van der Waals surface area contributed by atoms with Crippen LogP contribution in [0.4, 0.5) is 28.2 Å². The van der Waals surface area contributed by atoms with E-state index in [-0.39, 0.29) is 82.1 Å².